The minimum Gasteiger partial charge on any atom is -0.454 e. The monoisotopic (exact) mass is 957 g/mol. The number of aromatic nitrogens is 1. The Kier molecular flexibility index (Phi) is 9.38. The van der Waals surface area contributed by atoms with Crippen LogP contribution >= 0.6 is 20.1 Å². The lowest BCUT2D eigenvalue weighted by atomic mass is 10.0. The highest BCUT2D eigenvalue weighted by molar-refractivity contribution is 8.32. The molecule has 0 aliphatic rings. The van der Waals surface area contributed by atoms with Gasteiger partial charge in [0.15, 0.2) is 11.2 Å². The van der Waals surface area contributed by atoms with Crippen LogP contribution < -0.4 is 9.80 Å². The maximum Gasteiger partial charge on any atom is 0.160 e. The first-order valence-electron chi connectivity index (χ1n) is 23.5. The summed E-state index contributed by atoms with van der Waals surface area (Å²) >= 11 is 0. The largest absolute Gasteiger partial charge is 0.454 e. The number of nitriles is 2. The smallest absolute Gasteiger partial charge is 0.160 e. The van der Waals surface area contributed by atoms with E-state index >= 15 is 0 Å². The molecule has 0 N–H and O–H groups in total. The average molecular weight is 958 g/mol. The Balaban J connectivity index is 1.22. The fourth-order valence-corrected chi connectivity index (χ4v) is 12.6. The first-order chi connectivity index (χ1) is 34.4. The van der Waals surface area contributed by atoms with Crippen LogP contribution in [0.1, 0.15) is 11.1 Å². The Labute approximate surface area is 413 Å². The second kappa shape index (κ2) is 15.6. The number of nitrogens with zero attached hydrogens (tertiary/aromatic N) is 5. The highest BCUT2D eigenvalue weighted by Gasteiger charge is 2.32. The van der Waals surface area contributed by atoms with Crippen LogP contribution in [0.25, 0.3) is 82.0 Å². The third kappa shape index (κ3) is 6.51. The maximum absolute atomic E-state index is 9.95. The van der Waals surface area contributed by atoms with Crippen molar-refractivity contribution < 1.29 is 8.83 Å². The minimum absolute atomic E-state index is 0.598. The van der Waals surface area contributed by atoms with Crippen LogP contribution in [0.5, 0.6) is 0 Å². The third-order valence-corrected chi connectivity index (χ3v) is 17.5. The standard InChI is InChI=1S/C62H47N5O2S2/c1-70(2,3)44-30-26-42(27-31-44)65(40-22-18-38(36-63)19-23-40)52-34-50-46-12-7-9-16-54(46)68-61(50)59-56(52)48-14-11-15-49-57-53(35-51-47-13-8-10-17-55(47)69-62(51)60(57)67(59)58(48)49)66(41-24-20-39(37-64)21-25-41)43-28-32-45(33-29-43)71(4,5)6/h7-35H,1-6H3. The van der Waals surface area contributed by atoms with Gasteiger partial charge in [0.1, 0.15) is 22.2 Å². The van der Waals surface area contributed by atoms with Crippen molar-refractivity contribution in [3.63, 3.8) is 0 Å². The van der Waals surface area contributed by atoms with Crippen LogP contribution in [0, 0.1) is 22.7 Å². The van der Waals surface area contributed by atoms with Crippen LogP contribution in [0.2, 0.25) is 0 Å². The van der Waals surface area contributed by atoms with Gasteiger partial charge in [-0.1, -0.05) is 54.6 Å². The number of rotatable bonds is 8. The van der Waals surface area contributed by atoms with Crippen molar-refractivity contribution in [3.05, 3.63) is 187 Å². The van der Waals surface area contributed by atoms with Crippen molar-refractivity contribution in [1.29, 1.82) is 10.5 Å². The highest BCUT2D eigenvalue weighted by atomic mass is 32.3. The topological polar surface area (TPSA) is 84.8 Å². The van der Waals surface area contributed by atoms with E-state index in [0.29, 0.717) is 11.1 Å². The van der Waals surface area contributed by atoms with Crippen molar-refractivity contribution in [2.75, 3.05) is 47.3 Å². The molecule has 0 bridgehead atoms. The lowest BCUT2D eigenvalue weighted by Gasteiger charge is -2.29. The van der Waals surface area contributed by atoms with Crippen LogP contribution in [0.3, 0.4) is 0 Å². The summed E-state index contributed by atoms with van der Waals surface area (Å²) in [4.78, 5) is 7.33. The van der Waals surface area contributed by atoms with E-state index in [-0.39, 0.29) is 0 Å². The Hall–Kier alpha value is -8.34. The first-order valence-corrected chi connectivity index (χ1v) is 29.2. The number of furan rings is 2. The summed E-state index contributed by atoms with van der Waals surface area (Å²) in [7, 11) is -1.99. The average Bonchev–Trinajstić information content (AvgIpc) is 4.14. The Morgan fingerprint density at radius 1 is 0.394 bits per heavy atom. The summed E-state index contributed by atoms with van der Waals surface area (Å²) in [5.41, 5.74) is 13.1. The molecule has 0 atom stereocenters. The molecule has 13 rings (SSSR count). The molecule has 0 spiro atoms. The summed E-state index contributed by atoms with van der Waals surface area (Å²) in [6.45, 7) is 0. The van der Waals surface area contributed by atoms with Gasteiger partial charge in [-0.15, -0.1) is 0 Å². The van der Waals surface area contributed by atoms with E-state index in [4.69, 9.17) is 8.83 Å². The molecule has 0 fully saturated rings. The van der Waals surface area contributed by atoms with Gasteiger partial charge in [-0.3, -0.25) is 0 Å². The summed E-state index contributed by atoms with van der Waals surface area (Å²) < 4.78 is 16.7. The van der Waals surface area contributed by atoms with E-state index < -0.39 is 20.1 Å². The summed E-state index contributed by atoms with van der Waals surface area (Å²) in [5, 5.41) is 28.1. The summed E-state index contributed by atoms with van der Waals surface area (Å²) in [5.74, 6) is 0. The molecular formula is C62H47N5O2S2. The molecule has 9 heteroatoms. The van der Waals surface area contributed by atoms with E-state index in [0.717, 1.165) is 116 Å². The van der Waals surface area contributed by atoms with Crippen molar-refractivity contribution in [3.8, 4) is 12.1 Å². The van der Waals surface area contributed by atoms with Crippen LogP contribution in [0.15, 0.2) is 195 Å². The number of para-hydroxylation sites is 3. The second-order valence-electron chi connectivity index (χ2n) is 19.9. The number of fused-ring (bicyclic) bond motifs is 14. The summed E-state index contributed by atoms with van der Waals surface area (Å²) in [6.07, 6.45) is 13.9. The molecule has 0 saturated heterocycles. The fourth-order valence-electron chi connectivity index (χ4n) is 10.7. The Morgan fingerprint density at radius 2 is 0.746 bits per heavy atom. The van der Waals surface area contributed by atoms with Crippen molar-refractivity contribution in [2.24, 2.45) is 0 Å². The van der Waals surface area contributed by atoms with E-state index in [1.165, 1.54) is 9.79 Å². The first kappa shape index (κ1) is 42.7. The molecule has 71 heavy (non-hydrogen) atoms. The van der Waals surface area contributed by atoms with Crippen molar-refractivity contribution >= 4 is 136 Å². The maximum atomic E-state index is 9.95. The van der Waals surface area contributed by atoms with Gasteiger partial charge in [0.05, 0.1) is 40.2 Å². The molecule has 4 aromatic heterocycles. The van der Waals surface area contributed by atoms with Gasteiger partial charge in [-0.25, -0.2) is 20.1 Å². The van der Waals surface area contributed by atoms with Crippen molar-refractivity contribution in [1.82, 2.24) is 4.40 Å². The van der Waals surface area contributed by atoms with E-state index in [2.05, 4.69) is 179 Å². The Morgan fingerprint density at radius 3 is 1.11 bits per heavy atom. The molecule has 0 radical (unpaired) electrons. The summed E-state index contributed by atoms with van der Waals surface area (Å²) in [6, 6.07) is 66.3. The predicted molar refractivity (Wildman–Crippen MR) is 302 cm³/mol. The number of hydrogen-bond donors (Lipinski definition) is 0. The van der Waals surface area contributed by atoms with E-state index in [1.54, 1.807) is 0 Å². The quantitative estimate of drug-likeness (QED) is 0.151. The number of benzene rings is 9. The van der Waals surface area contributed by atoms with Gasteiger partial charge in [-0.2, -0.15) is 10.5 Å². The van der Waals surface area contributed by atoms with E-state index in [1.807, 2.05) is 60.7 Å². The number of anilines is 6. The molecular weight excluding hydrogens is 911 g/mol. The lowest BCUT2D eigenvalue weighted by Crippen LogP contribution is -2.11. The molecule has 13 aromatic rings. The molecule has 9 aromatic carbocycles. The molecule has 7 nitrogen and oxygen atoms in total. The Bertz CT molecular complexity index is 4090. The second-order valence-corrected chi connectivity index (χ2v) is 28.2. The fraction of sp³-hybridized carbons (Fsp3) is 0.0968. The number of hydrogen-bond acceptors (Lipinski definition) is 6. The van der Waals surface area contributed by atoms with Crippen LogP contribution in [-0.2, 0) is 0 Å². The van der Waals surface area contributed by atoms with E-state index in [9.17, 15) is 10.5 Å². The molecule has 0 unspecified atom stereocenters. The molecule has 4 heterocycles. The zero-order chi connectivity index (χ0) is 48.5. The van der Waals surface area contributed by atoms with Gasteiger partial charge < -0.3 is 23.0 Å². The molecule has 344 valence electrons. The highest BCUT2D eigenvalue weighted by Crippen LogP contribution is 2.55. The normalized spacial score (nSPS) is 12.8. The molecule has 0 saturated carbocycles. The van der Waals surface area contributed by atoms with Gasteiger partial charge in [0.25, 0.3) is 0 Å². The minimum atomic E-state index is -0.994. The van der Waals surface area contributed by atoms with Gasteiger partial charge in [0.2, 0.25) is 0 Å². The van der Waals surface area contributed by atoms with Crippen LogP contribution in [-0.4, -0.2) is 41.9 Å². The van der Waals surface area contributed by atoms with Crippen LogP contribution in [0.4, 0.5) is 34.1 Å². The van der Waals surface area contributed by atoms with Gasteiger partial charge in [-0.05, 0) is 169 Å². The van der Waals surface area contributed by atoms with Crippen molar-refractivity contribution in [2.45, 2.75) is 9.79 Å². The predicted octanol–water partition coefficient (Wildman–Crippen LogP) is 17.4. The molecule has 0 aliphatic carbocycles. The van der Waals surface area contributed by atoms with Gasteiger partial charge in [0, 0.05) is 65.8 Å². The SMILES string of the molecule is CS(C)(C)c1ccc(N(c2ccc(C#N)cc2)c2cc3c4ccccc4oc3c3c2c2cccc4c5c(N(c6ccc(C#N)cc6)c6ccc(S(C)(C)C)cc6)cc6c7ccccc7oc6c5n3c24)cc1. The van der Waals surface area contributed by atoms with Gasteiger partial charge >= 0.3 is 0 Å². The molecule has 0 amide bonds. The lowest BCUT2D eigenvalue weighted by molar-refractivity contribution is 0.670. The zero-order valence-electron chi connectivity index (χ0n) is 40.1. The third-order valence-electron chi connectivity index (χ3n) is 14.1. The molecule has 0 aliphatic heterocycles. The zero-order valence-corrected chi connectivity index (χ0v) is 41.7.